The summed E-state index contributed by atoms with van der Waals surface area (Å²) in [6, 6.07) is 6.02. The van der Waals surface area contributed by atoms with Gasteiger partial charge in [0.25, 0.3) is 0 Å². The highest BCUT2D eigenvalue weighted by Gasteiger charge is 2.27. The molecule has 92 valence electrons. The first-order valence-corrected chi connectivity index (χ1v) is 6.54. The summed E-state index contributed by atoms with van der Waals surface area (Å²) in [5.74, 6) is 0.0570. The Hall–Kier alpha value is -1.02. The maximum absolute atomic E-state index is 12.2. The van der Waals surface area contributed by atoms with Crippen molar-refractivity contribution in [3.63, 3.8) is 0 Å². The van der Waals surface area contributed by atoms with Crippen molar-refractivity contribution in [2.45, 2.75) is 32.1 Å². The number of alkyl halides is 1. The number of aryl methyl sites for hydroxylation is 2. The van der Waals surface area contributed by atoms with E-state index in [4.69, 9.17) is 11.6 Å². The fourth-order valence-electron chi connectivity index (χ4n) is 2.45. The molecule has 0 saturated carbocycles. The molecule has 2 rings (SSSR count). The molecule has 1 unspecified atom stereocenters. The molecule has 0 bridgehead atoms. The Balaban J connectivity index is 2.24. The fraction of sp³-hybridized carbons (Fsp3) is 0.500. The highest BCUT2D eigenvalue weighted by atomic mass is 35.5. The van der Waals surface area contributed by atoms with Crippen LogP contribution in [0.3, 0.4) is 0 Å². The van der Waals surface area contributed by atoms with Gasteiger partial charge in [-0.25, -0.2) is 0 Å². The number of nitrogens with zero attached hydrogens (tertiary/aromatic N) is 1. The highest BCUT2D eigenvalue weighted by Crippen LogP contribution is 2.29. The average molecular weight is 252 g/mol. The molecule has 1 aliphatic rings. The lowest BCUT2D eigenvalue weighted by molar-refractivity contribution is -0.129. The maximum Gasteiger partial charge on any atom is 0.245 e. The molecule has 1 saturated heterocycles. The Morgan fingerprint density at radius 1 is 1.24 bits per heavy atom. The second-order valence-corrected chi connectivity index (χ2v) is 5.14. The molecule has 3 heteroatoms. The fourth-order valence-corrected chi connectivity index (χ4v) is 2.93. The standard InChI is InChI=1S/C14H18ClNO/c1-10-6-5-7-11(2)12(10)13(15)14(17)16-8-3-4-9-16/h5-7,13H,3-4,8-9H2,1-2H3. The van der Waals surface area contributed by atoms with Gasteiger partial charge in [0.1, 0.15) is 5.38 Å². The number of rotatable bonds is 2. The summed E-state index contributed by atoms with van der Waals surface area (Å²) in [6.07, 6.45) is 2.20. The van der Waals surface area contributed by atoms with Crippen molar-refractivity contribution in [2.24, 2.45) is 0 Å². The van der Waals surface area contributed by atoms with Crippen LogP contribution in [0.4, 0.5) is 0 Å². The van der Waals surface area contributed by atoms with E-state index in [1.54, 1.807) is 0 Å². The van der Waals surface area contributed by atoms with Crippen LogP contribution in [0.5, 0.6) is 0 Å². The van der Waals surface area contributed by atoms with E-state index in [0.29, 0.717) is 0 Å². The van der Waals surface area contributed by atoms with Crippen LogP contribution in [0.2, 0.25) is 0 Å². The molecule has 1 aliphatic heterocycles. The van der Waals surface area contributed by atoms with Gasteiger partial charge in [0, 0.05) is 13.1 Å². The molecule has 0 N–H and O–H groups in total. The van der Waals surface area contributed by atoms with Crippen molar-refractivity contribution in [3.05, 3.63) is 34.9 Å². The Morgan fingerprint density at radius 2 is 1.76 bits per heavy atom. The third kappa shape index (κ3) is 2.47. The van der Waals surface area contributed by atoms with Gasteiger partial charge < -0.3 is 4.90 Å². The van der Waals surface area contributed by atoms with Gasteiger partial charge in [-0.15, -0.1) is 11.6 Å². The van der Waals surface area contributed by atoms with Gasteiger partial charge in [-0.2, -0.15) is 0 Å². The lowest BCUT2D eigenvalue weighted by Crippen LogP contribution is -2.31. The van der Waals surface area contributed by atoms with E-state index in [1.165, 1.54) is 0 Å². The number of amides is 1. The molecule has 0 spiro atoms. The molecule has 1 amide bonds. The SMILES string of the molecule is Cc1cccc(C)c1C(Cl)C(=O)N1CCCC1. The zero-order chi connectivity index (χ0) is 12.4. The van der Waals surface area contributed by atoms with Crippen molar-refractivity contribution >= 4 is 17.5 Å². The monoisotopic (exact) mass is 251 g/mol. The molecule has 0 radical (unpaired) electrons. The lowest BCUT2D eigenvalue weighted by atomic mass is 9.99. The second kappa shape index (κ2) is 5.09. The molecule has 0 aliphatic carbocycles. The average Bonchev–Trinajstić information content (AvgIpc) is 2.81. The number of likely N-dealkylation sites (tertiary alicyclic amines) is 1. The molecular formula is C14H18ClNO. The summed E-state index contributed by atoms with van der Waals surface area (Å²) < 4.78 is 0. The minimum atomic E-state index is -0.533. The summed E-state index contributed by atoms with van der Waals surface area (Å²) in [5, 5.41) is -0.533. The third-order valence-corrected chi connectivity index (χ3v) is 3.84. The summed E-state index contributed by atoms with van der Waals surface area (Å²) >= 11 is 6.36. The van der Waals surface area contributed by atoms with Gasteiger partial charge in [0.15, 0.2) is 0 Å². The van der Waals surface area contributed by atoms with Gasteiger partial charge in [0.05, 0.1) is 0 Å². The highest BCUT2D eigenvalue weighted by molar-refractivity contribution is 6.31. The van der Waals surface area contributed by atoms with Crippen LogP contribution in [0.1, 0.15) is 34.9 Å². The summed E-state index contributed by atoms with van der Waals surface area (Å²) in [5.41, 5.74) is 3.17. The summed E-state index contributed by atoms with van der Waals surface area (Å²) in [6.45, 7) is 5.73. The number of carbonyl (C=O) groups excluding carboxylic acids is 1. The third-order valence-electron chi connectivity index (χ3n) is 3.43. The topological polar surface area (TPSA) is 20.3 Å². The molecule has 2 nitrogen and oxygen atoms in total. The number of halogens is 1. The van der Waals surface area contributed by atoms with Gasteiger partial charge in [0.2, 0.25) is 5.91 Å². The smallest absolute Gasteiger partial charge is 0.245 e. The molecule has 17 heavy (non-hydrogen) atoms. The van der Waals surface area contributed by atoms with Crippen LogP contribution in [-0.4, -0.2) is 23.9 Å². The van der Waals surface area contributed by atoms with Crippen LogP contribution in [-0.2, 0) is 4.79 Å². The summed E-state index contributed by atoms with van der Waals surface area (Å²) in [4.78, 5) is 14.1. The normalized spacial score (nSPS) is 17.2. The van der Waals surface area contributed by atoms with E-state index in [-0.39, 0.29) is 5.91 Å². The number of carbonyl (C=O) groups is 1. The maximum atomic E-state index is 12.2. The Labute approximate surface area is 108 Å². The molecule has 1 aromatic rings. The van der Waals surface area contributed by atoms with Gasteiger partial charge in [-0.1, -0.05) is 18.2 Å². The van der Waals surface area contributed by atoms with Crippen molar-refractivity contribution in [3.8, 4) is 0 Å². The quantitative estimate of drug-likeness (QED) is 0.740. The van der Waals surface area contributed by atoms with E-state index in [9.17, 15) is 4.79 Å². The van der Waals surface area contributed by atoms with Crippen molar-refractivity contribution in [2.75, 3.05) is 13.1 Å². The van der Waals surface area contributed by atoms with E-state index in [1.807, 2.05) is 36.9 Å². The molecule has 1 fully saturated rings. The zero-order valence-corrected chi connectivity index (χ0v) is 11.1. The lowest BCUT2D eigenvalue weighted by Gasteiger charge is -2.21. The molecule has 0 aromatic heterocycles. The minimum Gasteiger partial charge on any atom is -0.341 e. The molecule has 1 atom stereocenters. The Morgan fingerprint density at radius 3 is 2.29 bits per heavy atom. The van der Waals surface area contributed by atoms with Crippen LogP contribution >= 0.6 is 11.6 Å². The van der Waals surface area contributed by atoms with E-state index in [2.05, 4.69) is 0 Å². The largest absolute Gasteiger partial charge is 0.341 e. The van der Waals surface area contributed by atoms with E-state index >= 15 is 0 Å². The minimum absolute atomic E-state index is 0.0570. The number of hydrogen-bond donors (Lipinski definition) is 0. The van der Waals surface area contributed by atoms with E-state index in [0.717, 1.165) is 42.6 Å². The number of benzene rings is 1. The van der Waals surface area contributed by atoms with Gasteiger partial charge in [-0.05, 0) is 43.4 Å². The van der Waals surface area contributed by atoms with Crippen LogP contribution in [0.15, 0.2) is 18.2 Å². The molecular weight excluding hydrogens is 234 g/mol. The predicted molar refractivity (Wildman–Crippen MR) is 70.3 cm³/mol. The summed E-state index contributed by atoms with van der Waals surface area (Å²) in [7, 11) is 0. The van der Waals surface area contributed by atoms with E-state index < -0.39 is 5.38 Å². The van der Waals surface area contributed by atoms with Gasteiger partial charge in [-0.3, -0.25) is 4.79 Å². The molecule has 1 aromatic carbocycles. The first-order chi connectivity index (χ1) is 8.11. The second-order valence-electron chi connectivity index (χ2n) is 4.70. The van der Waals surface area contributed by atoms with Crippen LogP contribution in [0, 0.1) is 13.8 Å². The van der Waals surface area contributed by atoms with Crippen LogP contribution < -0.4 is 0 Å². The first kappa shape index (κ1) is 12.4. The Bertz CT molecular complexity index is 404. The van der Waals surface area contributed by atoms with Crippen LogP contribution in [0.25, 0.3) is 0 Å². The van der Waals surface area contributed by atoms with Crippen molar-refractivity contribution in [1.82, 2.24) is 4.90 Å². The molecule has 1 heterocycles. The predicted octanol–water partition coefficient (Wildman–Crippen LogP) is 3.21. The van der Waals surface area contributed by atoms with Crippen molar-refractivity contribution < 1.29 is 4.79 Å². The Kier molecular flexibility index (Phi) is 3.72. The zero-order valence-electron chi connectivity index (χ0n) is 10.4. The van der Waals surface area contributed by atoms with Crippen molar-refractivity contribution in [1.29, 1.82) is 0 Å². The first-order valence-electron chi connectivity index (χ1n) is 6.10. The van der Waals surface area contributed by atoms with Gasteiger partial charge >= 0.3 is 0 Å². The number of hydrogen-bond acceptors (Lipinski definition) is 1.